The van der Waals surface area contributed by atoms with Crippen LogP contribution >= 0.6 is 0 Å². The molecule has 0 aliphatic carbocycles. The topological polar surface area (TPSA) is 49.5 Å². The predicted octanol–water partition coefficient (Wildman–Crippen LogP) is 1.92. The lowest BCUT2D eigenvalue weighted by molar-refractivity contribution is 0.163. The molecule has 1 rings (SSSR count). The molecule has 0 saturated heterocycles. The molecule has 0 spiro atoms. The number of hydrogen-bond acceptors (Lipinski definition) is 3. The van der Waals surface area contributed by atoms with Crippen LogP contribution in [0, 0.1) is 5.82 Å². The lowest BCUT2D eigenvalue weighted by atomic mass is 10.0. The van der Waals surface area contributed by atoms with Gasteiger partial charge in [0.25, 0.3) is 0 Å². The summed E-state index contributed by atoms with van der Waals surface area (Å²) in [5.74, 6) is -0.245. The molecule has 1 aromatic carbocycles. The van der Waals surface area contributed by atoms with Crippen molar-refractivity contribution in [1.29, 1.82) is 0 Å². The van der Waals surface area contributed by atoms with Gasteiger partial charge >= 0.3 is 0 Å². The molecule has 2 atom stereocenters. The Balaban J connectivity index is 2.34. The molecule has 0 aliphatic heterocycles. The lowest BCUT2D eigenvalue weighted by Gasteiger charge is -2.20. The molecule has 0 amide bonds. The van der Waals surface area contributed by atoms with Gasteiger partial charge in [0.15, 0.2) is 0 Å². The van der Waals surface area contributed by atoms with E-state index in [1.807, 2.05) is 13.1 Å². The first kappa shape index (κ1) is 15.1. The van der Waals surface area contributed by atoms with Crippen molar-refractivity contribution in [3.63, 3.8) is 0 Å². The number of benzene rings is 1. The van der Waals surface area contributed by atoms with Crippen LogP contribution in [0.5, 0.6) is 0 Å². The van der Waals surface area contributed by atoms with Gasteiger partial charge in [0.2, 0.25) is 0 Å². The number of nitrogens with two attached hydrogens (primary N) is 1. The summed E-state index contributed by atoms with van der Waals surface area (Å²) in [6.45, 7) is 3.46. The highest BCUT2D eigenvalue weighted by Crippen LogP contribution is 2.15. The Morgan fingerprint density at radius 2 is 2.00 bits per heavy atom. The molecule has 3 N–H and O–H groups in total. The first-order valence-electron chi connectivity index (χ1n) is 6.36. The Morgan fingerprint density at radius 1 is 1.33 bits per heavy atom. The van der Waals surface area contributed by atoms with Crippen LogP contribution in [0.25, 0.3) is 0 Å². The minimum atomic E-state index is -0.274. The second kappa shape index (κ2) is 7.46. The van der Waals surface area contributed by atoms with Crippen LogP contribution in [0.2, 0.25) is 0 Å². The molecule has 0 heterocycles. The summed E-state index contributed by atoms with van der Waals surface area (Å²) in [7, 11) is 2.00. The van der Waals surface area contributed by atoms with Crippen LogP contribution < -0.4 is 5.73 Å². The number of aliphatic hydroxyl groups is 1. The van der Waals surface area contributed by atoms with E-state index >= 15 is 0 Å². The first-order valence-corrected chi connectivity index (χ1v) is 6.36. The second-order valence-electron chi connectivity index (χ2n) is 4.89. The maximum atomic E-state index is 13.0. The highest BCUT2D eigenvalue weighted by atomic mass is 19.1. The summed E-state index contributed by atoms with van der Waals surface area (Å²) < 4.78 is 13.0. The normalized spacial score (nSPS) is 14.8. The van der Waals surface area contributed by atoms with Gasteiger partial charge in [-0.3, -0.25) is 0 Å². The molecule has 0 aromatic heterocycles. The summed E-state index contributed by atoms with van der Waals surface area (Å²) in [6.07, 6.45) is 1.26. The average molecular weight is 254 g/mol. The minimum Gasteiger partial charge on any atom is -0.393 e. The fraction of sp³-hybridized carbons (Fsp3) is 0.571. The van der Waals surface area contributed by atoms with Crippen LogP contribution in [0.15, 0.2) is 24.3 Å². The molecule has 0 aliphatic rings. The molecule has 102 valence electrons. The van der Waals surface area contributed by atoms with Gasteiger partial charge in [-0.2, -0.15) is 0 Å². The van der Waals surface area contributed by atoms with Gasteiger partial charge in [-0.05, 0) is 51.1 Å². The molecule has 2 unspecified atom stereocenters. The summed E-state index contributed by atoms with van der Waals surface area (Å²) in [5, 5.41) is 9.19. The Kier molecular flexibility index (Phi) is 6.25. The number of halogens is 1. The maximum Gasteiger partial charge on any atom is 0.123 e. The Hall–Kier alpha value is -0.970. The predicted molar refractivity (Wildman–Crippen MR) is 71.7 cm³/mol. The average Bonchev–Trinajstić information content (AvgIpc) is 2.33. The summed E-state index contributed by atoms with van der Waals surface area (Å²) in [6, 6.07) is 6.30. The maximum absolute atomic E-state index is 13.0. The van der Waals surface area contributed by atoms with E-state index in [0.717, 1.165) is 31.5 Å². The number of nitrogens with zero attached hydrogens (tertiary/aromatic N) is 1. The number of rotatable bonds is 7. The third-order valence-electron chi connectivity index (χ3n) is 3.03. The summed E-state index contributed by atoms with van der Waals surface area (Å²) in [4.78, 5) is 2.13. The Morgan fingerprint density at radius 3 is 2.61 bits per heavy atom. The molecule has 18 heavy (non-hydrogen) atoms. The van der Waals surface area contributed by atoms with Crippen molar-refractivity contribution in [1.82, 2.24) is 4.90 Å². The van der Waals surface area contributed by atoms with E-state index in [2.05, 4.69) is 4.90 Å². The van der Waals surface area contributed by atoms with Crippen molar-refractivity contribution in [2.45, 2.75) is 31.9 Å². The van der Waals surface area contributed by atoms with Crippen molar-refractivity contribution >= 4 is 0 Å². The zero-order valence-electron chi connectivity index (χ0n) is 11.1. The van der Waals surface area contributed by atoms with Crippen LogP contribution in [-0.4, -0.2) is 36.2 Å². The third-order valence-corrected chi connectivity index (χ3v) is 3.03. The van der Waals surface area contributed by atoms with E-state index in [0.29, 0.717) is 0 Å². The minimum absolute atomic E-state index is 0.144. The molecule has 3 nitrogen and oxygen atoms in total. The fourth-order valence-corrected chi connectivity index (χ4v) is 1.78. The highest BCUT2D eigenvalue weighted by Gasteiger charge is 2.08. The van der Waals surface area contributed by atoms with Crippen molar-refractivity contribution in [2.75, 3.05) is 20.1 Å². The zero-order valence-corrected chi connectivity index (χ0v) is 11.1. The van der Waals surface area contributed by atoms with Crippen LogP contribution in [0.3, 0.4) is 0 Å². The molecular formula is C14H23FN2O. The van der Waals surface area contributed by atoms with Gasteiger partial charge < -0.3 is 15.7 Å². The highest BCUT2D eigenvalue weighted by molar-refractivity contribution is 5.19. The van der Waals surface area contributed by atoms with Crippen molar-refractivity contribution in [2.24, 2.45) is 5.73 Å². The van der Waals surface area contributed by atoms with Gasteiger partial charge in [-0.1, -0.05) is 12.1 Å². The molecule has 0 fully saturated rings. The monoisotopic (exact) mass is 254 g/mol. The SMILES string of the molecule is CC(O)CCN(C)CCC(N)c1cccc(F)c1. The largest absolute Gasteiger partial charge is 0.393 e. The standard InChI is InChI=1S/C14H23FN2O/c1-11(18)6-8-17(2)9-7-14(16)12-4-3-5-13(15)10-12/h3-5,10-11,14,18H,6-9,16H2,1-2H3. The quantitative estimate of drug-likeness (QED) is 0.781. The fourth-order valence-electron chi connectivity index (χ4n) is 1.78. The van der Waals surface area contributed by atoms with Gasteiger partial charge in [0.05, 0.1) is 6.10 Å². The first-order chi connectivity index (χ1) is 8.49. The lowest BCUT2D eigenvalue weighted by Crippen LogP contribution is -2.26. The van der Waals surface area contributed by atoms with Crippen molar-refractivity contribution < 1.29 is 9.50 Å². The number of hydrogen-bond donors (Lipinski definition) is 2. The van der Waals surface area contributed by atoms with Crippen molar-refractivity contribution in [3.8, 4) is 0 Å². The molecule has 0 saturated carbocycles. The van der Waals surface area contributed by atoms with E-state index in [1.165, 1.54) is 12.1 Å². The third kappa shape index (κ3) is 5.58. The molecule has 1 aromatic rings. The van der Waals surface area contributed by atoms with Crippen molar-refractivity contribution in [3.05, 3.63) is 35.6 Å². The summed E-state index contributed by atoms with van der Waals surface area (Å²) in [5.41, 5.74) is 6.86. The van der Waals surface area contributed by atoms with Crippen LogP contribution in [0.4, 0.5) is 4.39 Å². The van der Waals surface area contributed by atoms with E-state index < -0.39 is 0 Å². The van der Waals surface area contributed by atoms with E-state index in [1.54, 1.807) is 13.0 Å². The smallest absolute Gasteiger partial charge is 0.123 e. The van der Waals surface area contributed by atoms with Gasteiger partial charge in [-0.15, -0.1) is 0 Å². The van der Waals surface area contributed by atoms with Gasteiger partial charge in [0, 0.05) is 12.6 Å². The zero-order chi connectivity index (χ0) is 13.5. The summed E-state index contributed by atoms with van der Waals surface area (Å²) >= 11 is 0. The van der Waals surface area contributed by atoms with Crippen LogP contribution in [0.1, 0.15) is 31.4 Å². The van der Waals surface area contributed by atoms with E-state index in [4.69, 9.17) is 5.73 Å². The number of aliphatic hydroxyl groups excluding tert-OH is 1. The van der Waals surface area contributed by atoms with Gasteiger partial charge in [0.1, 0.15) is 5.82 Å². The molecule has 0 radical (unpaired) electrons. The van der Waals surface area contributed by atoms with Gasteiger partial charge in [-0.25, -0.2) is 4.39 Å². The molecule has 0 bridgehead atoms. The molecular weight excluding hydrogens is 231 g/mol. The Bertz CT molecular complexity index is 357. The van der Waals surface area contributed by atoms with E-state index in [-0.39, 0.29) is 18.0 Å². The Labute approximate surface area is 108 Å². The van der Waals surface area contributed by atoms with E-state index in [9.17, 15) is 9.50 Å². The van der Waals surface area contributed by atoms with Crippen LogP contribution in [-0.2, 0) is 0 Å². The molecule has 4 heteroatoms. The second-order valence-corrected chi connectivity index (χ2v) is 4.89.